The SMILES string of the molecule is CC1CCCC(O)(CNCc2csnn2)C1. The third kappa shape index (κ3) is 3.23. The van der Waals surface area contributed by atoms with E-state index in [1.807, 2.05) is 5.38 Å². The minimum absolute atomic E-state index is 0.513. The second-order valence-corrected chi connectivity index (χ2v) is 5.54. The molecule has 90 valence electrons. The van der Waals surface area contributed by atoms with E-state index in [1.165, 1.54) is 18.0 Å². The fourth-order valence-corrected chi connectivity index (χ4v) is 2.93. The molecule has 2 atom stereocenters. The van der Waals surface area contributed by atoms with Crippen molar-refractivity contribution in [2.75, 3.05) is 6.54 Å². The summed E-state index contributed by atoms with van der Waals surface area (Å²) in [4.78, 5) is 0. The number of hydrogen-bond donors (Lipinski definition) is 2. The first-order valence-corrected chi connectivity index (χ1v) is 6.71. The lowest BCUT2D eigenvalue weighted by atomic mass is 9.79. The van der Waals surface area contributed by atoms with Crippen LogP contribution in [-0.2, 0) is 6.54 Å². The van der Waals surface area contributed by atoms with E-state index < -0.39 is 5.60 Å². The first-order valence-electron chi connectivity index (χ1n) is 5.87. The van der Waals surface area contributed by atoms with Gasteiger partial charge in [-0.3, -0.25) is 0 Å². The van der Waals surface area contributed by atoms with Gasteiger partial charge in [0.2, 0.25) is 0 Å². The molecule has 0 bridgehead atoms. The number of rotatable bonds is 4. The molecule has 1 aromatic heterocycles. The lowest BCUT2D eigenvalue weighted by Crippen LogP contribution is -2.43. The summed E-state index contributed by atoms with van der Waals surface area (Å²) in [6.07, 6.45) is 4.21. The molecule has 16 heavy (non-hydrogen) atoms. The second kappa shape index (κ2) is 5.21. The largest absolute Gasteiger partial charge is 0.389 e. The van der Waals surface area contributed by atoms with Gasteiger partial charge < -0.3 is 10.4 Å². The molecular weight excluding hydrogens is 222 g/mol. The zero-order valence-corrected chi connectivity index (χ0v) is 10.5. The maximum atomic E-state index is 10.4. The summed E-state index contributed by atoms with van der Waals surface area (Å²) in [5.41, 5.74) is 0.443. The van der Waals surface area contributed by atoms with Crippen molar-refractivity contribution in [3.63, 3.8) is 0 Å². The molecule has 4 nitrogen and oxygen atoms in total. The van der Waals surface area contributed by atoms with Crippen molar-refractivity contribution in [3.8, 4) is 0 Å². The summed E-state index contributed by atoms with van der Waals surface area (Å²) in [6, 6.07) is 0. The first kappa shape index (κ1) is 12.0. The Bertz CT molecular complexity index is 317. The Balaban J connectivity index is 1.76. The summed E-state index contributed by atoms with van der Waals surface area (Å²) in [5.74, 6) is 0.640. The van der Waals surface area contributed by atoms with Gasteiger partial charge in [-0.2, -0.15) is 0 Å². The molecule has 1 saturated carbocycles. The minimum Gasteiger partial charge on any atom is -0.389 e. The van der Waals surface area contributed by atoms with E-state index in [1.54, 1.807) is 0 Å². The molecule has 2 rings (SSSR count). The van der Waals surface area contributed by atoms with Gasteiger partial charge in [0.05, 0.1) is 11.3 Å². The molecule has 0 aromatic carbocycles. The third-order valence-corrected chi connectivity index (χ3v) is 3.79. The molecule has 1 heterocycles. The summed E-state index contributed by atoms with van der Waals surface area (Å²) < 4.78 is 3.81. The van der Waals surface area contributed by atoms with Gasteiger partial charge in [0.15, 0.2) is 0 Å². The van der Waals surface area contributed by atoms with Gasteiger partial charge in [0.25, 0.3) is 0 Å². The maximum Gasteiger partial charge on any atom is 0.0893 e. The predicted molar refractivity (Wildman–Crippen MR) is 64.2 cm³/mol. The summed E-state index contributed by atoms with van der Waals surface area (Å²) in [6.45, 7) is 3.58. The summed E-state index contributed by atoms with van der Waals surface area (Å²) in [5, 5.41) is 19.5. The van der Waals surface area contributed by atoms with E-state index in [-0.39, 0.29) is 0 Å². The number of hydrogen-bond acceptors (Lipinski definition) is 5. The van der Waals surface area contributed by atoms with Gasteiger partial charge in [0, 0.05) is 18.5 Å². The van der Waals surface area contributed by atoms with Gasteiger partial charge in [-0.1, -0.05) is 24.3 Å². The number of nitrogens with zero attached hydrogens (tertiary/aromatic N) is 2. The normalized spacial score (nSPS) is 30.5. The molecule has 1 aliphatic rings. The van der Waals surface area contributed by atoms with Crippen LogP contribution in [0.5, 0.6) is 0 Å². The van der Waals surface area contributed by atoms with E-state index in [9.17, 15) is 5.11 Å². The molecule has 2 unspecified atom stereocenters. The van der Waals surface area contributed by atoms with Gasteiger partial charge >= 0.3 is 0 Å². The number of nitrogens with one attached hydrogen (secondary N) is 1. The minimum atomic E-state index is -0.513. The monoisotopic (exact) mass is 241 g/mol. The molecule has 0 aliphatic heterocycles. The Labute approximate surface area is 100 Å². The topological polar surface area (TPSA) is 58.0 Å². The van der Waals surface area contributed by atoms with E-state index in [2.05, 4.69) is 21.8 Å². The highest BCUT2D eigenvalue weighted by molar-refractivity contribution is 7.03. The molecule has 1 aliphatic carbocycles. The number of aliphatic hydroxyl groups is 1. The van der Waals surface area contributed by atoms with Crippen LogP contribution < -0.4 is 5.32 Å². The van der Waals surface area contributed by atoms with Crippen molar-refractivity contribution >= 4 is 11.5 Å². The van der Waals surface area contributed by atoms with Crippen LogP contribution in [0.4, 0.5) is 0 Å². The molecule has 0 saturated heterocycles. The van der Waals surface area contributed by atoms with Crippen LogP contribution in [0.15, 0.2) is 5.38 Å². The van der Waals surface area contributed by atoms with Gasteiger partial charge in [0.1, 0.15) is 0 Å². The Hall–Kier alpha value is -0.520. The lowest BCUT2D eigenvalue weighted by molar-refractivity contribution is -0.0119. The van der Waals surface area contributed by atoms with Crippen LogP contribution in [0.25, 0.3) is 0 Å². The highest BCUT2D eigenvalue weighted by atomic mass is 32.1. The van der Waals surface area contributed by atoms with Gasteiger partial charge in [-0.15, -0.1) is 5.10 Å². The summed E-state index contributed by atoms with van der Waals surface area (Å²) in [7, 11) is 0. The maximum absolute atomic E-state index is 10.4. The fourth-order valence-electron chi connectivity index (χ4n) is 2.48. The quantitative estimate of drug-likeness (QED) is 0.840. The standard InChI is InChI=1S/C11H19N3OS/c1-9-3-2-4-11(15,5-9)8-12-6-10-7-16-14-13-10/h7,9,12,15H,2-6,8H2,1H3. The van der Waals surface area contributed by atoms with Crippen LogP contribution in [0.2, 0.25) is 0 Å². The van der Waals surface area contributed by atoms with E-state index in [0.717, 1.165) is 25.0 Å². The average molecular weight is 241 g/mol. The Morgan fingerprint density at radius 1 is 1.69 bits per heavy atom. The fraction of sp³-hybridized carbons (Fsp3) is 0.818. The smallest absolute Gasteiger partial charge is 0.0893 e. The van der Waals surface area contributed by atoms with Gasteiger partial charge in [-0.25, -0.2) is 0 Å². The highest BCUT2D eigenvalue weighted by Crippen LogP contribution is 2.31. The van der Waals surface area contributed by atoms with Crippen LogP contribution in [0.1, 0.15) is 38.3 Å². The van der Waals surface area contributed by atoms with Crippen LogP contribution in [-0.4, -0.2) is 26.8 Å². The van der Waals surface area contributed by atoms with Crippen molar-refractivity contribution < 1.29 is 5.11 Å². The zero-order chi connectivity index (χ0) is 11.4. The van der Waals surface area contributed by atoms with Crippen molar-refractivity contribution in [2.24, 2.45) is 5.92 Å². The van der Waals surface area contributed by atoms with Crippen LogP contribution in [0.3, 0.4) is 0 Å². The van der Waals surface area contributed by atoms with E-state index >= 15 is 0 Å². The lowest BCUT2D eigenvalue weighted by Gasteiger charge is -2.35. The van der Waals surface area contributed by atoms with Crippen LogP contribution >= 0.6 is 11.5 Å². The van der Waals surface area contributed by atoms with Gasteiger partial charge in [-0.05, 0) is 30.3 Å². The molecule has 2 N–H and O–H groups in total. The third-order valence-electron chi connectivity index (χ3n) is 3.23. The average Bonchev–Trinajstić information content (AvgIpc) is 2.69. The van der Waals surface area contributed by atoms with Crippen molar-refractivity contribution in [2.45, 2.75) is 44.8 Å². The van der Waals surface area contributed by atoms with Crippen molar-refractivity contribution in [3.05, 3.63) is 11.1 Å². The molecule has 1 fully saturated rings. The molecular formula is C11H19N3OS. The van der Waals surface area contributed by atoms with E-state index in [4.69, 9.17) is 0 Å². The molecule has 5 heteroatoms. The van der Waals surface area contributed by atoms with E-state index in [0.29, 0.717) is 19.0 Å². The Morgan fingerprint density at radius 2 is 2.56 bits per heavy atom. The Kier molecular flexibility index (Phi) is 3.89. The van der Waals surface area contributed by atoms with Crippen molar-refractivity contribution in [1.82, 2.24) is 14.9 Å². The zero-order valence-electron chi connectivity index (χ0n) is 9.65. The molecule has 0 radical (unpaired) electrons. The summed E-state index contributed by atoms with van der Waals surface area (Å²) >= 11 is 1.36. The highest BCUT2D eigenvalue weighted by Gasteiger charge is 2.31. The molecule has 0 spiro atoms. The molecule has 0 amide bonds. The predicted octanol–water partition coefficient (Wildman–Crippen LogP) is 1.57. The molecule has 1 aromatic rings. The van der Waals surface area contributed by atoms with Crippen molar-refractivity contribution in [1.29, 1.82) is 0 Å². The first-order chi connectivity index (χ1) is 7.68. The second-order valence-electron chi connectivity index (χ2n) is 4.93. The Morgan fingerprint density at radius 3 is 3.25 bits per heavy atom. The number of aromatic nitrogens is 2. The van der Waals surface area contributed by atoms with Crippen LogP contribution in [0, 0.1) is 5.92 Å².